The molecule has 1 aromatic heterocycles. The van der Waals surface area contributed by atoms with E-state index in [1.54, 1.807) is 18.3 Å². The summed E-state index contributed by atoms with van der Waals surface area (Å²) in [6, 6.07) is 7.42. The summed E-state index contributed by atoms with van der Waals surface area (Å²) in [6.07, 6.45) is 2.93. The summed E-state index contributed by atoms with van der Waals surface area (Å²) in [5.41, 5.74) is 5.85. The van der Waals surface area contributed by atoms with Gasteiger partial charge in [-0.1, -0.05) is 6.07 Å². The maximum Gasteiger partial charge on any atom is 0.294 e. The van der Waals surface area contributed by atoms with Crippen molar-refractivity contribution in [2.75, 3.05) is 11.1 Å². The van der Waals surface area contributed by atoms with Gasteiger partial charge >= 0.3 is 0 Å². The van der Waals surface area contributed by atoms with Crippen LogP contribution in [0, 0.1) is 10.1 Å². The number of carbonyl (C=O) groups excluding carboxylic acids is 1. The highest BCUT2D eigenvalue weighted by molar-refractivity contribution is 6.06. The number of nitro benzene ring substituents is 1. The molecule has 0 spiro atoms. The maximum atomic E-state index is 11.9. The van der Waals surface area contributed by atoms with Crippen LogP contribution in [0.15, 0.2) is 42.7 Å². The van der Waals surface area contributed by atoms with Crippen LogP contribution in [0.5, 0.6) is 0 Å². The van der Waals surface area contributed by atoms with Gasteiger partial charge in [-0.25, -0.2) is 0 Å². The molecule has 0 aliphatic carbocycles. The van der Waals surface area contributed by atoms with E-state index < -0.39 is 10.8 Å². The van der Waals surface area contributed by atoms with Gasteiger partial charge in [-0.15, -0.1) is 0 Å². The zero-order chi connectivity index (χ0) is 13.8. The second-order valence-electron chi connectivity index (χ2n) is 3.69. The van der Waals surface area contributed by atoms with Gasteiger partial charge in [0.15, 0.2) is 0 Å². The Hall–Kier alpha value is -2.96. The fraction of sp³-hybridized carbons (Fsp3) is 0. The molecule has 1 amide bonds. The molecule has 0 aliphatic rings. The Bertz CT molecular complexity index is 628. The van der Waals surface area contributed by atoms with Gasteiger partial charge in [0.1, 0.15) is 5.69 Å². The van der Waals surface area contributed by atoms with E-state index in [2.05, 4.69) is 10.3 Å². The van der Waals surface area contributed by atoms with Crippen LogP contribution in [-0.4, -0.2) is 15.8 Å². The molecule has 19 heavy (non-hydrogen) atoms. The quantitative estimate of drug-likeness (QED) is 0.495. The first-order valence-electron chi connectivity index (χ1n) is 5.34. The summed E-state index contributed by atoms with van der Waals surface area (Å²) in [4.78, 5) is 25.8. The number of nitrogens with two attached hydrogens (primary N) is 1. The Labute approximate surface area is 108 Å². The van der Waals surface area contributed by atoms with Crippen LogP contribution in [0.2, 0.25) is 0 Å². The first kappa shape index (κ1) is 12.5. The second kappa shape index (κ2) is 5.13. The van der Waals surface area contributed by atoms with Crippen molar-refractivity contribution in [3.8, 4) is 0 Å². The number of benzene rings is 1. The van der Waals surface area contributed by atoms with Crippen molar-refractivity contribution in [1.82, 2.24) is 4.98 Å². The molecule has 2 aromatic rings. The largest absolute Gasteiger partial charge is 0.391 e. The van der Waals surface area contributed by atoms with Crippen LogP contribution >= 0.6 is 0 Å². The Morgan fingerprint density at radius 3 is 2.74 bits per heavy atom. The van der Waals surface area contributed by atoms with Crippen molar-refractivity contribution in [3.05, 3.63) is 58.4 Å². The standard InChI is InChI=1S/C12H10N4O3/c13-11-9(4-1-5-10(11)16(18)19)15-12(17)8-3-2-6-14-7-8/h1-7H,13H2,(H,15,17). The molecule has 7 nitrogen and oxygen atoms in total. The third kappa shape index (κ3) is 2.65. The third-order valence-electron chi connectivity index (χ3n) is 2.45. The van der Waals surface area contributed by atoms with E-state index in [0.29, 0.717) is 5.56 Å². The summed E-state index contributed by atoms with van der Waals surface area (Å²) >= 11 is 0. The molecule has 96 valence electrons. The number of nitro groups is 1. The minimum atomic E-state index is -0.602. The van der Waals surface area contributed by atoms with E-state index in [1.165, 1.54) is 24.4 Å². The number of amides is 1. The fourth-order valence-electron chi connectivity index (χ4n) is 1.51. The zero-order valence-electron chi connectivity index (χ0n) is 9.74. The Morgan fingerprint density at radius 1 is 1.32 bits per heavy atom. The van der Waals surface area contributed by atoms with Crippen molar-refractivity contribution in [3.63, 3.8) is 0 Å². The van der Waals surface area contributed by atoms with E-state index in [9.17, 15) is 14.9 Å². The SMILES string of the molecule is Nc1c(NC(=O)c2cccnc2)cccc1[N+](=O)[O-]. The van der Waals surface area contributed by atoms with Crippen LogP contribution < -0.4 is 11.1 Å². The summed E-state index contributed by atoms with van der Waals surface area (Å²) in [5, 5.41) is 13.2. The van der Waals surface area contributed by atoms with Gasteiger partial charge in [-0.2, -0.15) is 0 Å². The predicted octanol–water partition coefficient (Wildman–Crippen LogP) is 1.82. The fourth-order valence-corrected chi connectivity index (χ4v) is 1.51. The maximum absolute atomic E-state index is 11.9. The van der Waals surface area contributed by atoms with Crippen molar-refractivity contribution in [2.24, 2.45) is 0 Å². The van der Waals surface area contributed by atoms with Gasteiger partial charge in [-0.05, 0) is 18.2 Å². The first-order valence-corrected chi connectivity index (χ1v) is 5.34. The molecule has 0 saturated carbocycles. The van der Waals surface area contributed by atoms with Crippen molar-refractivity contribution in [1.29, 1.82) is 0 Å². The molecule has 0 fully saturated rings. The van der Waals surface area contributed by atoms with Crippen LogP contribution in [0.1, 0.15) is 10.4 Å². The smallest absolute Gasteiger partial charge is 0.294 e. The van der Waals surface area contributed by atoms with Gasteiger partial charge in [0.25, 0.3) is 11.6 Å². The molecule has 0 radical (unpaired) electrons. The van der Waals surface area contributed by atoms with Gasteiger partial charge < -0.3 is 11.1 Å². The van der Waals surface area contributed by atoms with E-state index >= 15 is 0 Å². The molecule has 0 atom stereocenters. The number of aromatic nitrogens is 1. The molecule has 0 unspecified atom stereocenters. The molecule has 0 saturated heterocycles. The van der Waals surface area contributed by atoms with Crippen LogP contribution in [0.4, 0.5) is 17.1 Å². The van der Waals surface area contributed by atoms with E-state index in [0.717, 1.165) is 0 Å². The molecule has 7 heteroatoms. The highest BCUT2D eigenvalue weighted by Gasteiger charge is 2.16. The van der Waals surface area contributed by atoms with Crippen LogP contribution in [0.25, 0.3) is 0 Å². The number of pyridine rings is 1. The number of para-hydroxylation sites is 1. The summed E-state index contributed by atoms with van der Waals surface area (Å²) in [7, 11) is 0. The van der Waals surface area contributed by atoms with Gasteiger partial charge in [0.2, 0.25) is 0 Å². The summed E-state index contributed by atoms with van der Waals surface area (Å²) < 4.78 is 0. The minimum absolute atomic E-state index is 0.0789. The first-order chi connectivity index (χ1) is 9.09. The molecule has 3 N–H and O–H groups in total. The predicted molar refractivity (Wildman–Crippen MR) is 69.7 cm³/mol. The Balaban J connectivity index is 2.27. The summed E-state index contributed by atoms with van der Waals surface area (Å²) in [6.45, 7) is 0. The Morgan fingerprint density at radius 2 is 2.11 bits per heavy atom. The minimum Gasteiger partial charge on any atom is -0.391 e. The van der Waals surface area contributed by atoms with Crippen molar-refractivity contribution < 1.29 is 9.72 Å². The van der Waals surface area contributed by atoms with Crippen molar-refractivity contribution in [2.45, 2.75) is 0 Å². The van der Waals surface area contributed by atoms with Gasteiger partial charge in [-0.3, -0.25) is 19.9 Å². The molecule has 0 bridgehead atoms. The number of nitrogens with one attached hydrogen (secondary N) is 1. The summed E-state index contributed by atoms with van der Waals surface area (Å²) in [5.74, 6) is -0.430. The highest BCUT2D eigenvalue weighted by atomic mass is 16.6. The topological polar surface area (TPSA) is 111 Å². The van der Waals surface area contributed by atoms with Gasteiger partial charge in [0.05, 0.1) is 16.2 Å². The molecule has 1 aromatic carbocycles. The van der Waals surface area contributed by atoms with Crippen LogP contribution in [0.3, 0.4) is 0 Å². The normalized spacial score (nSPS) is 9.89. The van der Waals surface area contributed by atoms with Crippen LogP contribution in [-0.2, 0) is 0 Å². The number of hydrogen-bond acceptors (Lipinski definition) is 5. The molecular formula is C12H10N4O3. The van der Waals surface area contributed by atoms with E-state index in [-0.39, 0.29) is 17.1 Å². The molecular weight excluding hydrogens is 248 g/mol. The average molecular weight is 258 g/mol. The van der Waals surface area contributed by atoms with Gasteiger partial charge in [0, 0.05) is 18.5 Å². The average Bonchev–Trinajstić information content (AvgIpc) is 2.41. The number of nitrogen functional groups attached to an aromatic ring is 1. The molecule has 1 heterocycles. The monoisotopic (exact) mass is 258 g/mol. The number of rotatable bonds is 3. The zero-order valence-corrected chi connectivity index (χ0v) is 9.74. The molecule has 0 aliphatic heterocycles. The third-order valence-corrected chi connectivity index (χ3v) is 2.45. The number of hydrogen-bond donors (Lipinski definition) is 2. The van der Waals surface area contributed by atoms with Crippen molar-refractivity contribution >= 4 is 23.0 Å². The highest BCUT2D eigenvalue weighted by Crippen LogP contribution is 2.29. The lowest BCUT2D eigenvalue weighted by molar-refractivity contribution is -0.383. The van der Waals surface area contributed by atoms with E-state index in [4.69, 9.17) is 5.73 Å². The lowest BCUT2D eigenvalue weighted by Gasteiger charge is -2.07. The Kier molecular flexibility index (Phi) is 3.37. The second-order valence-corrected chi connectivity index (χ2v) is 3.69. The number of nitrogens with zero attached hydrogens (tertiary/aromatic N) is 2. The van der Waals surface area contributed by atoms with E-state index in [1.807, 2.05) is 0 Å². The number of anilines is 2. The lowest BCUT2D eigenvalue weighted by Crippen LogP contribution is -2.13. The lowest BCUT2D eigenvalue weighted by atomic mass is 10.2. The number of carbonyl (C=O) groups is 1. The molecule has 2 rings (SSSR count).